The summed E-state index contributed by atoms with van der Waals surface area (Å²) in [6.07, 6.45) is 1.18. The molecule has 23 heavy (non-hydrogen) atoms. The Balaban J connectivity index is 1.82. The summed E-state index contributed by atoms with van der Waals surface area (Å²) in [5.41, 5.74) is 8.53. The molecule has 2 atom stereocenters. The van der Waals surface area contributed by atoms with Gasteiger partial charge in [-0.25, -0.2) is 0 Å². The number of hydrogen-bond acceptors (Lipinski definition) is 3. The second kappa shape index (κ2) is 6.11. The molecule has 0 unspecified atom stereocenters. The Morgan fingerprint density at radius 2 is 1.87 bits per heavy atom. The number of nitrogens with two attached hydrogens (primary N) is 1. The number of aryl methyl sites for hydroxylation is 1. The molecule has 1 aliphatic rings. The Morgan fingerprint density at radius 1 is 1.17 bits per heavy atom. The molecule has 4 heteroatoms. The van der Waals surface area contributed by atoms with Crippen LogP contribution in [0.4, 0.5) is 5.69 Å². The maximum Gasteiger partial charge on any atom is 0.289 e. The molecule has 1 aromatic carbocycles. The maximum atomic E-state index is 12.7. The normalized spacial score (nSPS) is 21.4. The summed E-state index contributed by atoms with van der Waals surface area (Å²) in [6.45, 7) is 7.99. The molecule has 2 N–H and O–H groups in total. The van der Waals surface area contributed by atoms with E-state index in [9.17, 15) is 4.79 Å². The van der Waals surface area contributed by atoms with Crippen LogP contribution < -0.4 is 5.73 Å². The van der Waals surface area contributed by atoms with Crippen molar-refractivity contribution in [3.63, 3.8) is 0 Å². The van der Waals surface area contributed by atoms with Crippen LogP contribution >= 0.6 is 0 Å². The molecule has 1 aliphatic heterocycles. The standard InChI is InChI=1S/C19H24N2O2/c1-12-8-13(2)11-21(10-12)19(22)18-7-6-17(23-18)16-5-4-15(20)9-14(16)3/h4-7,9,12-13H,8,10-11,20H2,1-3H3/t12-,13+. The van der Waals surface area contributed by atoms with E-state index in [-0.39, 0.29) is 5.91 Å². The van der Waals surface area contributed by atoms with Gasteiger partial charge >= 0.3 is 0 Å². The van der Waals surface area contributed by atoms with Crippen LogP contribution in [0.15, 0.2) is 34.7 Å². The van der Waals surface area contributed by atoms with Crippen LogP contribution in [0.1, 0.15) is 36.4 Å². The van der Waals surface area contributed by atoms with Gasteiger partial charge in [-0.3, -0.25) is 4.79 Å². The summed E-state index contributed by atoms with van der Waals surface area (Å²) in [6, 6.07) is 9.33. The molecule has 1 fully saturated rings. The number of carbonyl (C=O) groups is 1. The highest BCUT2D eigenvalue weighted by Crippen LogP contribution is 2.28. The van der Waals surface area contributed by atoms with Gasteiger partial charge in [0.15, 0.2) is 5.76 Å². The van der Waals surface area contributed by atoms with Crippen molar-refractivity contribution in [2.24, 2.45) is 11.8 Å². The van der Waals surface area contributed by atoms with E-state index in [0.29, 0.717) is 23.4 Å². The molecular weight excluding hydrogens is 288 g/mol. The third-order valence-corrected chi connectivity index (χ3v) is 4.49. The number of furan rings is 1. The molecule has 0 spiro atoms. The molecule has 1 saturated heterocycles. The van der Waals surface area contributed by atoms with Gasteiger partial charge in [-0.1, -0.05) is 13.8 Å². The van der Waals surface area contributed by atoms with E-state index >= 15 is 0 Å². The molecule has 0 aliphatic carbocycles. The number of benzene rings is 1. The van der Waals surface area contributed by atoms with E-state index in [1.807, 2.05) is 36.1 Å². The second-order valence-electron chi connectivity index (χ2n) is 6.89. The van der Waals surface area contributed by atoms with Crippen LogP contribution in [0, 0.1) is 18.8 Å². The fourth-order valence-corrected chi connectivity index (χ4v) is 3.55. The number of likely N-dealkylation sites (tertiary alicyclic amines) is 1. The zero-order chi connectivity index (χ0) is 16.6. The monoisotopic (exact) mass is 312 g/mol. The van der Waals surface area contributed by atoms with E-state index in [2.05, 4.69) is 13.8 Å². The van der Waals surface area contributed by atoms with Crippen LogP contribution in [-0.4, -0.2) is 23.9 Å². The Bertz CT molecular complexity index is 710. The summed E-state index contributed by atoms with van der Waals surface area (Å²) in [7, 11) is 0. The molecule has 1 aromatic heterocycles. The van der Waals surface area contributed by atoms with Crippen molar-refractivity contribution in [1.82, 2.24) is 4.90 Å². The molecule has 122 valence electrons. The number of amides is 1. The largest absolute Gasteiger partial charge is 0.451 e. The zero-order valence-electron chi connectivity index (χ0n) is 14.0. The van der Waals surface area contributed by atoms with Crippen molar-refractivity contribution in [2.75, 3.05) is 18.8 Å². The first kappa shape index (κ1) is 15.7. The molecule has 2 heterocycles. The van der Waals surface area contributed by atoms with Gasteiger partial charge in [0.2, 0.25) is 0 Å². The third-order valence-electron chi connectivity index (χ3n) is 4.49. The maximum absolute atomic E-state index is 12.7. The predicted molar refractivity (Wildman–Crippen MR) is 92.1 cm³/mol. The zero-order valence-corrected chi connectivity index (χ0v) is 14.0. The number of carbonyl (C=O) groups excluding carboxylic acids is 1. The van der Waals surface area contributed by atoms with E-state index in [0.717, 1.165) is 29.9 Å². The minimum atomic E-state index is -0.0113. The van der Waals surface area contributed by atoms with E-state index in [1.54, 1.807) is 6.07 Å². The Morgan fingerprint density at radius 3 is 2.52 bits per heavy atom. The SMILES string of the molecule is Cc1cc(N)ccc1-c1ccc(C(=O)N2C[C@H](C)C[C@H](C)C2)o1. The molecule has 0 radical (unpaired) electrons. The van der Waals surface area contributed by atoms with Crippen LogP contribution in [0.25, 0.3) is 11.3 Å². The van der Waals surface area contributed by atoms with E-state index in [1.165, 1.54) is 6.42 Å². The first-order valence-corrected chi connectivity index (χ1v) is 8.19. The number of nitrogens with zero attached hydrogens (tertiary/aromatic N) is 1. The number of nitrogen functional groups attached to an aromatic ring is 1. The smallest absolute Gasteiger partial charge is 0.289 e. The average molecular weight is 312 g/mol. The highest BCUT2D eigenvalue weighted by atomic mass is 16.4. The van der Waals surface area contributed by atoms with Crippen molar-refractivity contribution in [1.29, 1.82) is 0 Å². The van der Waals surface area contributed by atoms with Gasteiger partial charge in [0, 0.05) is 24.3 Å². The van der Waals surface area contributed by atoms with Crippen molar-refractivity contribution >= 4 is 11.6 Å². The number of piperidine rings is 1. The van der Waals surface area contributed by atoms with Gasteiger partial charge in [0.05, 0.1) is 0 Å². The predicted octanol–water partition coefficient (Wildman–Crippen LogP) is 3.96. The summed E-state index contributed by atoms with van der Waals surface area (Å²) in [5.74, 6) is 2.19. The highest BCUT2D eigenvalue weighted by Gasteiger charge is 2.27. The molecule has 0 bridgehead atoms. The molecule has 1 amide bonds. The van der Waals surface area contributed by atoms with Crippen molar-refractivity contribution in [3.8, 4) is 11.3 Å². The van der Waals surface area contributed by atoms with Gasteiger partial charge in [0.25, 0.3) is 5.91 Å². The van der Waals surface area contributed by atoms with Crippen molar-refractivity contribution < 1.29 is 9.21 Å². The quantitative estimate of drug-likeness (QED) is 0.854. The topological polar surface area (TPSA) is 59.5 Å². The molecule has 0 saturated carbocycles. The fourth-order valence-electron chi connectivity index (χ4n) is 3.55. The van der Waals surface area contributed by atoms with Gasteiger partial charge in [-0.05, 0) is 61.1 Å². The van der Waals surface area contributed by atoms with Gasteiger partial charge in [-0.2, -0.15) is 0 Å². The lowest BCUT2D eigenvalue weighted by molar-refractivity contribution is 0.0592. The molecular formula is C19H24N2O2. The number of anilines is 1. The summed E-state index contributed by atoms with van der Waals surface area (Å²) in [5, 5.41) is 0. The lowest BCUT2D eigenvalue weighted by atomic mass is 9.92. The first-order chi connectivity index (χ1) is 10.9. The van der Waals surface area contributed by atoms with Crippen LogP contribution in [0.3, 0.4) is 0 Å². The Hall–Kier alpha value is -2.23. The van der Waals surface area contributed by atoms with Gasteiger partial charge in [-0.15, -0.1) is 0 Å². The minimum absolute atomic E-state index is 0.0113. The lowest BCUT2D eigenvalue weighted by Gasteiger charge is -2.34. The van der Waals surface area contributed by atoms with Gasteiger partial charge < -0.3 is 15.1 Å². The third kappa shape index (κ3) is 3.26. The minimum Gasteiger partial charge on any atom is -0.451 e. The summed E-state index contributed by atoms with van der Waals surface area (Å²) < 4.78 is 5.84. The van der Waals surface area contributed by atoms with Crippen LogP contribution in [-0.2, 0) is 0 Å². The average Bonchev–Trinajstić information content (AvgIpc) is 2.95. The molecule has 3 rings (SSSR count). The van der Waals surface area contributed by atoms with E-state index < -0.39 is 0 Å². The van der Waals surface area contributed by atoms with Crippen LogP contribution in [0.5, 0.6) is 0 Å². The van der Waals surface area contributed by atoms with Crippen LogP contribution in [0.2, 0.25) is 0 Å². The highest BCUT2D eigenvalue weighted by molar-refractivity contribution is 5.92. The Kier molecular flexibility index (Phi) is 4.16. The summed E-state index contributed by atoms with van der Waals surface area (Å²) in [4.78, 5) is 14.6. The Labute approximate surface area is 137 Å². The summed E-state index contributed by atoms with van der Waals surface area (Å²) >= 11 is 0. The lowest BCUT2D eigenvalue weighted by Crippen LogP contribution is -2.42. The number of hydrogen-bond donors (Lipinski definition) is 1. The van der Waals surface area contributed by atoms with Crippen molar-refractivity contribution in [2.45, 2.75) is 27.2 Å². The molecule has 4 nitrogen and oxygen atoms in total. The fraction of sp³-hybridized carbons (Fsp3) is 0.421. The first-order valence-electron chi connectivity index (χ1n) is 8.19. The van der Waals surface area contributed by atoms with Crippen molar-refractivity contribution in [3.05, 3.63) is 41.7 Å². The second-order valence-corrected chi connectivity index (χ2v) is 6.89. The van der Waals surface area contributed by atoms with E-state index in [4.69, 9.17) is 10.2 Å². The van der Waals surface area contributed by atoms with Gasteiger partial charge in [0.1, 0.15) is 5.76 Å². The number of rotatable bonds is 2. The molecule has 2 aromatic rings.